The monoisotopic (exact) mass is 371 g/mol. The number of hydrogen-bond donors (Lipinski definition) is 1. The molecule has 5 aromatic rings. The zero-order chi connectivity index (χ0) is 19.5. The molecule has 0 saturated heterocycles. The first kappa shape index (κ1) is 17.3. The normalized spacial score (nSPS) is 10.8. The number of benzene rings is 5. The lowest BCUT2D eigenvalue weighted by Gasteiger charge is -2.14. The lowest BCUT2D eigenvalue weighted by atomic mass is 9.95. The van der Waals surface area contributed by atoms with Gasteiger partial charge in [0.05, 0.1) is 0 Å². The van der Waals surface area contributed by atoms with Crippen molar-refractivity contribution in [3.05, 3.63) is 121 Å². The minimum absolute atomic E-state index is 1.10. The Morgan fingerprint density at radius 2 is 0.931 bits per heavy atom. The zero-order valence-electron chi connectivity index (χ0n) is 16.0. The van der Waals surface area contributed by atoms with Crippen LogP contribution >= 0.6 is 0 Å². The molecule has 0 bridgehead atoms. The molecular weight excluding hydrogens is 350 g/mol. The molecule has 5 rings (SSSR count). The molecule has 0 atom stereocenters. The molecule has 0 amide bonds. The highest BCUT2D eigenvalue weighted by atomic mass is 14.9. The lowest BCUT2D eigenvalue weighted by Crippen LogP contribution is -1.92. The molecule has 0 aliphatic rings. The molecule has 0 heterocycles. The first-order valence-corrected chi connectivity index (χ1v) is 9.88. The van der Waals surface area contributed by atoms with Crippen LogP contribution in [0, 0.1) is 0 Å². The Kier molecular flexibility index (Phi) is 4.56. The summed E-state index contributed by atoms with van der Waals surface area (Å²) in [5.74, 6) is 0. The van der Waals surface area contributed by atoms with Crippen LogP contribution in [0.3, 0.4) is 0 Å². The van der Waals surface area contributed by atoms with Gasteiger partial charge < -0.3 is 5.32 Å². The highest BCUT2D eigenvalue weighted by Gasteiger charge is 2.08. The molecule has 1 heteroatoms. The van der Waals surface area contributed by atoms with Gasteiger partial charge in [0.15, 0.2) is 0 Å². The van der Waals surface area contributed by atoms with Gasteiger partial charge >= 0.3 is 0 Å². The molecule has 29 heavy (non-hydrogen) atoms. The molecule has 5 aromatic carbocycles. The molecule has 0 aliphatic heterocycles. The van der Waals surface area contributed by atoms with E-state index in [4.69, 9.17) is 0 Å². The average molecular weight is 371 g/mol. The number of fused-ring (bicyclic) bond motifs is 1. The largest absolute Gasteiger partial charge is 0.355 e. The summed E-state index contributed by atoms with van der Waals surface area (Å²) in [5, 5.41) is 6.03. The molecule has 0 aliphatic carbocycles. The Bertz CT molecular complexity index is 1240. The van der Waals surface area contributed by atoms with E-state index in [9.17, 15) is 0 Å². The first-order chi connectivity index (χ1) is 14.4. The molecule has 1 nitrogen and oxygen atoms in total. The Hall–Kier alpha value is -3.84. The van der Waals surface area contributed by atoms with Crippen molar-refractivity contribution < 1.29 is 0 Å². The SMILES string of the molecule is c1ccc(Nc2ccc(-c3ccc(-c4ccccc4)cc3)c3ccccc23)cc1. The van der Waals surface area contributed by atoms with Crippen LogP contribution < -0.4 is 5.32 Å². The maximum atomic E-state index is 3.56. The average Bonchev–Trinajstić information content (AvgIpc) is 2.81. The van der Waals surface area contributed by atoms with Crippen molar-refractivity contribution >= 4 is 22.1 Å². The standard InChI is InChI=1S/C28H21N/c1-3-9-21(10-4-1)22-15-17-23(18-16-22)25-19-20-28(27-14-8-7-13-26(25)27)29-24-11-5-2-6-12-24/h1-20,29H. The second-order valence-corrected chi connectivity index (χ2v) is 7.14. The third kappa shape index (κ3) is 3.51. The van der Waals surface area contributed by atoms with Crippen molar-refractivity contribution in [2.75, 3.05) is 5.32 Å². The number of anilines is 2. The molecule has 0 unspecified atom stereocenters. The predicted molar refractivity (Wildman–Crippen MR) is 125 cm³/mol. The first-order valence-electron chi connectivity index (χ1n) is 9.88. The van der Waals surface area contributed by atoms with Gasteiger partial charge in [-0.25, -0.2) is 0 Å². The van der Waals surface area contributed by atoms with Gasteiger partial charge in [-0.15, -0.1) is 0 Å². The maximum absolute atomic E-state index is 3.56. The predicted octanol–water partition coefficient (Wildman–Crippen LogP) is 7.92. The smallest absolute Gasteiger partial charge is 0.0464 e. The summed E-state index contributed by atoms with van der Waals surface area (Å²) in [6.07, 6.45) is 0. The van der Waals surface area contributed by atoms with Crippen LogP contribution in [0.1, 0.15) is 0 Å². The van der Waals surface area contributed by atoms with Gasteiger partial charge in [0, 0.05) is 16.8 Å². The van der Waals surface area contributed by atoms with E-state index >= 15 is 0 Å². The van der Waals surface area contributed by atoms with Crippen molar-refractivity contribution in [2.45, 2.75) is 0 Å². The Morgan fingerprint density at radius 1 is 0.379 bits per heavy atom. The maximum Gasteiger partial charge on any atom is 0.0464 e. The van der Waals surface area contributed by atoms with Crippen LogP contribution in [0.2, 0.25) is 0 Å². The highest BCUT2D eigenvalue weighted by Crippen LogP contribution is 2.35. The third-order valence-corrected chi connectivity index (χ3v) is 5.28. The quantitative estimate of drug-likeness (QED) is 0.338. The van der Waals surface area contributed by atoms with E-state index in [1.165, 1.54) is 33.0 Å². The van der Waals surface area contributed by atoms with Crippen LogP contribution in [0.15, 0.2) is 121 Å². The summed E-state index contributed by atoms with van der Waals surface area (Å²) in [6.45, 7) is 0. The Morgan fingerprint density at radius 3 is 1.66 bits per heavy atom. The van der Waals surface area contributed by atoms with E-state index in [0.717, 1.165) is 11.4 Å². The molecular formula is C28H21N. The van der Waals surface area contributed by atoms with Gasteiger partial charge in [-0.05, 0) is 45.8 Å². The van der Waals surface area contributed by atoms with Crippen LogP contribution in [-0.2, 0) is 0 Å². The van der Waals surface area contributed by atoms with E-state index in [1.54, 1.807) is 0 Å². The van der Waals surface area contributed by atoms with Gasteiger partial charge in [-0.3, -0.25) is 0 Å². The Balaban J connectivity index is 1.55. The summed E-state index contributed by atoms with van der Waals surface area (Å²) in [4.78, 5) is 0. The fraction of sp³-hybridized carbons (Fsp3) is 0. The van der Waals surface area contributed by atoms with E-state index < -0.39 is 0 Å². The number of nitrogens with one attached hydrogen (secondary N) is 1. The topological polar surface area (TPSA) is 12.0 Å². The highest BCUT2D eigenvalue weighted by molar-refractivity contribution is 6.04. The summed E-state index contributed by atoms with van der Waals surface area (Å²) >= 11 is 0. The van der Waals surface area contributed by atoms with Gasteiger partial charge in [0.2, 0.25) is 0 Å². The molecule has 0 saturated carbocycles. The Labute approximate surface area is 171 Å². The summed E-state index contributed by atoms with van der Waals surface area (Å²) in [6, 6.07) is 42.6. The van der Waals surface area contributed by atoms with Crippen molar-refractivity contribution in [1.29, 1.82) is 0 Å². The second kappa shape index (κ2) is 7.65. The third-order valence-electron chi connectivity index (χ3n) is 5.28. The molecule has 0 radical (unpaired) electrons. The van der Waals surface area contributed by atoms with Gasteiger partial charge in [-0.1, -0.05) is 103 Å². The molecule has 0 spiro atoms. The fourth-order valence-electron chi connectivity index (χ4n) is 3.81. The van der Waals surface area contributed by atoms with Crippen molar-refractivity contribution in [2.24, 2.45) is 0 Å². The van der Waals surface area contributed by atoms with Crippen LogP contribution in [0.25, 0.3) is 33.0 Å². The van der Waals surface area contributed by atoms with Gasteiger partial charge in [-0.2, -0.15) is 0 Å². The number of rotatable bonds is 4. The lowest BCUT2D eigenvalue weighted by molar-refractivity contribution is 1.57. The minimum Gasteiger partial charge on any atom is -0.355 e. The zero-order valence-corrected chi connectivity index (χ0v) is 16.0. The van der Waals surface area contributed by atoms with Crippen LogP contribution in [-0.4, -0.2) is 0 Å². The molecule has 0 aromatic heterocycles. The summed E-state index contributed by atoms with van der Waals surface area (Å²) in [7, 11) is 0. The van der Waals surface area contributed by atoms with Crippen molar-refractivity contribution in [1.82, 2.24) is 0 Å². The van der Waals surface area contributed by atoms with Gasteiger partial charge in [0.1, 0.15) is 0 Å². The second-order valence-electron chi connectivity index (χ2n) is 7.14. The van der Waals surface area contributed by atoms with E-state index in [1.807, 2.05) is 18.2 Å². The molecule has 1 N–H and O–H groups in total. The fourth-order valence-corrected chi connectivity index (χ4v) is 3.81. The number of para-hydroxylation sites is 1. The summed E-state index contributed by atoms with van der Waals surface area (Å²) in [5.41, 5.74) is 7.17. The van der Waals surface area contributed by atoms with E-state index in [-0.39, 0.29) is 0 Å². The molecule has 138 valence electrons. The molecule has 0 fully saturated rings. The van der Waals surface area contributed by atoms with Crippen molar-refractivity contribution in [3.63, 3.8) is 0 Å². The van der Waals surface area contributed by atoms with Crippen molar-refractivity contribution in [3.8, 4) is 22.3 Å². The summed E-state index contributed by atoms with van der Waals surface area (Å²) < 4.78 is 0. The number of hydrogen-bond acceptors (Lipinski definition) is 1. The van der Waals surface area contributed by atoms with E-state index in [0.29, 0.717) is 0 Å². The minimum atomic E-state index is 1.10. The van der Waals surface area contributed by atoms with E-state index in [2.05, 4.69) is 108 Å². The van der Waals surface area contributed by atoms with Crippen LogP contribution in [0.5, 0.6) is 0 Å². The van der Waals surface area contributed by atoms with Crippen LogP contribution in [0.4, 0.5) is 11.4 Å². The van der Waals surface area contributed by atoms with Gasteiger partial charge in [0.25, 0.3) is 0 Å².